The van der Waals surface area contributed by atoms with Crippen molar-refractivity contribution >= 4 is 28.0 Å². The highest BCUT2D eigenvalue weighted by Gasteiger charge is 2.09. The van der Waals surface area contributed by atoms with Crippen LogP contribution in [0.3, 0.4) is 0 Å². The maximum absolute atomic E-state index is 12.4. The van der Waals surface area contributed by atoms with Crippen molar-refractivity contribution in [2.75, 3.05) is 0 Å². The van der Waals surface area contributed by atoms with Crippen LogP contribution in [0.15, 0.2) is 72.4 Å². The minimum atomic E-state index is -0.00252. The zero-order valence-electron chi connectivity index (χ0n) is 14.1. The van der Waals surface area contributed by atoms with Gasteiger partial charge in [-0.1, -0.05) is 42.5 Å². The first-order chi connectivity index (χ1) is 12.8. The third kappa shape index (κ3) is 3.63. The molecule has 0 radical (unpaired) electrons. The van der Waals surface area contributed by atoms with Gasteiger partial charge in [-0.05, 0) is 28.5 Å². The molecule has 4 aromatic rings. The lowest BCUT2D eigenvalue weighted by Crippen LogP contribution is -2.24. The van der Waals surface area contributed by atoms with Crippen molar-refractivity contribution < 1.29 is 4.79 Å². The number of aromatic nitrogens is 2. The van der Waals surface area contributed by atoms with Crippen LogP contribution in [0.2, 0.25) is 0 Å². The lowest BCUT2D eigenvalue weighted by molar-refractivity contribution is -0.120. The van der Waals surface area contributed by atoms with Gasteiger partial charge in [0.2, 0.25) is 5.91 Å². The number of amides is 1. The van der Waals surface area contributed by atoms with Crippen molar-refractivity contribution in [3.8, 4) is 10.6 Å². The van der Waals surface area contributed by atoms with E-state index in [9.17, 15) is 4.79 Å². The van der Waals surface area contributed by atoms with Gasteiger partial charge in [-0.2, -0.15) is 0 Å². The molecule has 2 aromatic heterocycles. The molecule has 26 heavy (non-hydrogen) atoms. The molecule has 128 valence electrons. The second kappa shape index (κ2) is 7.45. The Bertz CT molecular complexity index is 1040. The number of nitrogens with zero attached hydrogens (tertiary/aromatic N) is 2. The molecule has 4 nitrogen and oxygen atoms in total. The quantitative estimate of drug-likeness (QED) is 0.580. The molecule has 5 heteroatoms. The fourth-order valence-electron chi connectivity index (χ4n) is 2.88. The molecule has 0 aliphatic carbocycles. The van der Waals surface area contributed by atoms with E-state index >= 15 is 0 Å². The van der Waals surface area contributed by atoms with Gasteiger partial charge in [-0.15, -0.1) is 11.3 Å². The molecule has 0 spiro atoms. The summed E-state index contributed by atoms with van der Waals surface area (Å²) in [5, 5.41) is 8.13. The number of hydrogen-bond donors (Lipinski definition) is 1. The Morgan fingerprint density at radius 1 is 1.04 bits per heavy atom. The zero-order chi connectivity index (χ0) is 17.8. The maximum atomic E-state index is 12.4. The van der Waals surface area contributed by atoms with Gasteiger partial charge in [0.05, 0.1) is 18.7 Å². The largest absolute Gasteiger partial charge is 0.350 e. The van der Waals surface area contributed by atoms with Crippen molar-refractivity contribution in [3.63, 3.8) is 0 Å². The van der Waals surface area contributed by atoms with Crippen LogP contribution in [0.4, 0.5) is 0 Å². The summed E-state index contributed by atoms with van der Waals surface area (Å²) in [6, 6.07) is 18.1. The predicted octanol–water partition coefficient (Wildman–Crippen LogP) is 4.22. The Morgan fingerprint density at radius 3 is 2.81 bits per heavy atom. The number of fused-ring (bicyclic) bond motifs is 1. The topological polar surface area (TPSA) is 54.9 Å². The third-order valence-corrected chi connectivity index (χ3v) is 5.10. The number of pyridine rings is 1. The lowest BCUT2D eigenvalue weighted by atomic mass is 10.0. The minimum absolute atomic E-state index is 0.00252. The molecule has 4 rings (SSSR count). The molecule has 0 saturated heterocycles. The van der Waals surface area contributed by atoms with Gasteiger partial charge >= 0.3 is 0 Å². The molecule has 0 saturated carbocycles. The van der Waals surface area contributed by atoms with E-state index in [2.05, 4.69) is 33.5 Å². The molecule has 1 amide bonds. The summed E-state index contributed by atoms with van der Waals surface area (Å²) < 4.78 is 0. The van der Waals surface area contributed by atoms with Crippen LogP contribution in [0.1, 0.15) is 11.3 Å². The summed E-state index contributed by atoms with van der Waals surface area (Å²) in [4.78, 5) is 21.0. The molecule has 0 aliphatic rings. The van der Waals surface area contributed by atoms with E-state index in [1.54, 1.807) is 23.7 Å². The molecule has 0 fully saturated rings. The average Bonchev–Trinajstić information content (AvgIpc) is 3.17. The van der Waals surface area contributed by atoms with Crippen LogP contribution in [-0.2, 0) is 17.8 Å². The van der Waals surface area contributed by atoms with Crippen LogP contribution in [-0.4, -0.2) is 15.9 Å². The van der Waals surface area contributed by atoms with Crippen molar-refractivity contribution in [2.45, 2.75) is 13.0 Å². The highest BCUT2D eigenvalue weighted by Crippen LogP contribution is 2.22. The fourth-order valence-corrected chi connectivity index (χ4v) is 3.69. The van der Waals surface area contributed by atoms with Crippen LogP contribution in [0.5, 0.6) is 0 Å². The first-order valence-corrected chi connectivity index (χ1v) is 9.26. The number of nitrogens with one attached hydrogen (secondary N) is 1. The molecule has 2 aromatic carbocycles. The van der Waals surface area contributed by atoms with E-state index in [-0.39, 0.29) is 5.91 Å². The Balaban J connectivity index is 1.41. The van der Waals surface area contributed by atoms with Crippen LogP contribution in [0.25, 0.3) is 21.3 Å². The van der Waals surface area contributed by atoms with Gasteiger partial charge in [-0.3, -0.25) is 9.78 Å². The smallest absolute Gasteiger partial charge is 0.224 e. The molecule has 1 N–H and O–H groups in total. The second-order valence-electron chi connectivity index (χ2n) is 5.98. The van der Waals surface area contributed by atoms with Gasteiger partial charge in [0.1, 0.15) is 5.01 Å². The number of benzene rings is 2. The Kier molecular flexibility index (Phi) is 4.71. The normalized spacial score (nSPS) is 10.8. The Morgan fingerprint density at radius 2 is 1.92 bits per heavy atom. The maximum Gasteiger partial charge on any atom is 0.224 e. The molecule has 0 unspecified atom stereocenters. The summed E-state index contributed by atoms with van der Waals surface area (Å²) in [5.41, 5.74) is 2.89. The van der Waals surface area contributed by atoms with Gasteiger partial charge in [-0.25, -0.2) is 4.98 Å². The van der Waals surface area contributed by atoms with Crippen LogP contribution >= 0.6 is 11.3 Å². The Labute approximate surface area is 155 Å². The van der Waals surface area contributed by atoms with E-state index in [0.717, 1.165) is 32.6 Å². The first-order valence-electron chi connectivity index (χ1n) is 8.38. The summed E-state index contributed by atoms with van der Waals surface area (Å²) >= 11 is 1.56. The monoisotopic (exact) mass is 359 g/mol. The summed E-state index contributed by atoms with van der Waals surface area (Å²) in [6.45, 7) is 0.431. The highest BCUT2D eigenvalue weighted by molar-refractivity contribution is 7.13. The van der Waals surface area contributed by atoms with Gasteiger partial charge in [0.25, 0.3) is 0 Å². The number of hydrogen-bond acceptors (Lipinski definition) is 4. The van der Waals surface area contributed by atoms with E-state index in [0.29, 0.717) is 13.0 Å². The summed E-state index contributed by atoms with van der Waals surface area (Å²) in [6.07, 6.45) is 3.90. The number of carbonyl (C=O) groups excluding carboxylic acids is 1. The van der Waals surface area contributed by atoms with E-state index in [1.807, 2.05) is 41.8 Å². The van der Waals surface area contributed by atoms with Crippen molar-refractivity contribution in [1.82, 2.24) is 15.3 Å². The predicted molar refractivity (Wildman–Crippen MR) is 105 cm³/mol. The zero-order valence-corrected chi connectivity index (χ0v) is 14.9. The number of carbonyl (C=O) groups is 1. The minimum Gasteiger partial charge on any atom is -0.350 e. The highest BCUT2D eigenvalue weighted by atomic mass is 32.1. The molecule has 0 bridgehead atoms. The van der Waals surface area contributed by atoms with E-state index in [1.165, 1.54) is 0 Å². The molecule has 0 atom stereocenters. The lowest BCUT2D eigenvalue weighted by Gasteiger charge is -2.07. The fraction of sp³-hybridized carbons (Fsp3) is 0.0952. The molecular weight excluding hydrogens is 342 g/mol. The third-order valence-electron chi connectivity index (χ3n) is 4.16. The van der Waals surface area contributed by atoms with E-state index < -0.39 is 0 Å². The van der Waals surface area contributed by atoms with Crippen molar-refractivity contribution in [1.29, 1.82) is 0 Å². The van der Waals surface area contributed by atoms with Crippen LogP contribution < -0.4 is 5.32 Å². The first kappa shape index (κ1) is 16.4. The van der Waals surface area contributed by atoms with Crippen molar-refractivity contribution in [2.24, 2.45) is 0 Å². The molecular formula is C21H17N3OS. The van der Waals surface area contributed by atoms with Gasteiger partial charge in [0.15, 0.2) is 0 Å². The van der Waals surface area contributed by atoms with E-state index in [4.69, 9.17) is 0 Å². The summed E-state index contributed by atoms with van der Waals surface area (Å²) in [5.74, 6) is -0.00252. The molecule has 2 heterocycles. The SMILES string of the molecule is O=C(Cc1cccc2ccccc12)NCc1csc(-c2cccnc2)n1. The number of rotatable bonds is 5. The average molecular weight is 359 g/mol. The number of thiazole rings is 1. The second-order valence-corrected chi connectivity index (χ2v) is 6.84. The molecule has 0 aliphatic heterocycles. The Hall–Kier alpha value is -3.05. The van der Waals surface area contributed by atoms with Gasteiger partial charge < -0.3 is 5.32 Å². The van der Waals surface area contributed by atoms with Crippen molar-refractivity contribution in [3.05, 3.63) is 83.6 Å². The standard InChI is InChI=1S/C21H17N3OS/c25-20(11-16-7-3-6-15-5-1-2-9-19(15)16)23-13-18-14-26-21(24-18)17-8-4-10-22-12-17/h1-10,12,14H,11,13H2,(H,23,25). The van der Waals surface area contributed by atoms with Gasteiger partial charge in [0, 0.05) is 23.3 Å². The summed E-state index contributed by atoms with van der Waals surface area (Å²) in [7, 11) is 0. The van der Waals surface area contributed by atoms with Crippen LogP contribution in [0, 0.1) is 0 Å².